The van der Waals surface area contributed by atoms with Crippen molar-refractivity contribution in [3.05, 3.63) is 65.5 Å². The normalized spacial score (nSPS) is 17.8. The first-order valence-corrected chi connectivity index (χ1v) is 10.9. The second-order valence-corrected chi connectivity index (χ2v) is 8.43. The summed E-state index contributed by atoms with van der Waals surface area (Å²) in [5, 5.41) is 15.2. The molecule has 0 bridgehead atoms. The van der Waals surface area contributed by atoms with Crippen LogP contribution in [0.4, 0.5) is 17.6 Å². The van der Waals surface area contributed by atoms with Gasteiger partial charge in [-0.05, 0) is 36.6 Å². The molecule has 0 radical (unpaired) electrons. The molecule has 4 aromatic rings. The molecule has 1 aliphatic carbocycles. The largest absolute Gasteiger partial charge is 0.339 e. The fourth-order valence-electron chi connectivity index (χ4n) is 4.58. The number of nitrogens with zero attached hydrogens (tertiary/aromatic N) is 6. The number of rotatable bonds is 4. The number of hydrogen-bond acceptors (Lipinski definition) is 6. The van der Waals surface area contributed by atoms with Gasteiger partial charge in [-0.15, -0.1) is 5.10 Å². The lowest BCUT2D eigenvalue weighted by atomic mass is 9.77. The Balaban J connectivity index is 1.18. The van der Waals surface area contributed by atoms with Crippen LogP contribution >= 0.6 is 0 Å². The fourth-order valence-corrected chi connectivity index (χ4v) is 4.58. The van der Waals surface area contributed by atoms with E-state index < -0.39 is 0 Å². The van der Waals surface area contributed by atoms with Crippen molar-refractivity contribution in [3.63, 3.8) is 0 Å². The Hall–Kier alpha value is -3.88. The van der Waals surface area contributed by atoms with Crippen molar-refractivity contribution in [2.24, 2.45) is 0 Å². The number of fused-ring (bicyclic) bond motifs is 2. The molecule has 1 fully saturated rings. The van der Waals surface area contributed by atoms with Gasteiger partial charge in [-0.3, -0.25) is 9.89 Å². The second kappa shape index (κ2) is 7.37. The minimum Gasteiger partial charge on any atom is -0.339 e. The predicted molar refractivity (Wildman–Crippen MR) is 121 cm³/mol. The van der Waals surface area contributed by atoms with E-state index in [1.165, 1.54) is 11.1 Å². The smallest absolute Gasteiger partial charge is 0.245 e. The Morgan fingerprint density at radius 2 is 1.97 bits per heavy atom. The summed E-state index contributed by atoms with van der Waals surface area (Å²) in [5.74, 6) is 2.31. The lowest BCUT2D eigenvalue weighted by Crippen LogP contribution is -2.51. The number of nitrogens with one attached hydrogen (secondary N) is 2. The van der Waals surface area contributed by atoms with Crippen LogP contribution in [0, 0.1) is 6.92 Å². The number of aromatic amines is 1. The zero-order chi connectivity index (χ0) is 21.7. The van der Waals surface area contributed by atoms with Crippen LogP contribution in [0.1, 0.15) is 22.7 Å². The van der Waals surface area contributed by atoms with Gasteiger partial charge in [-0.2, -0.15) is 10.1 Å². The lowest BCUT2D eigenvalue weighted by molar-refractivity contribution is -0.133. The quantitative estimate of drug-likeness (QED) is 0.519. The van der Waals surface area contributed by atoms with E-state index >= 15 is 0 Å². The van der Waals surface area contributed by atoms with E-state index in [1.807, 2.05) is 52.9 Å². The molecule has 4 heterocycles. The van der Waals surface area contributed by atoms with Crippen LogP contribution in [0.15, 0.2) is 48.7 Å². The number of benzene rings is 1. The maximum atomic E-state index is 13.0. The third-order valence-corrected chi connectivity index (χ3v) is 6.36. The van der Waals surface area contributed by atoms with Crippen LogP contribution in [0.25, 0.3) is 5.52 Å². The van der Waals surface area contributed by atoms with Crippen LogP contribution in [0.3, 0.4) is 0 Å². The SMILES string of the molecule is Cc1cc(Nc2nc(N3CCN(C(=O)C4Cc5ccccc54)CC3)nn3cccc23)n[nH]1. The average Bonchev–Trinajstić information content (AvgIpc) is 3.43. The monoisotopic (exact) mass is 428 g/mol. The molecule has 3 aromatic heterocycles. The molecule has 1 atom stereocenters. The maximum Gasteiger partial charge on any atom is 0.245 e. The van der Waals surface area contributed by atoms with E-state index in [1.54, 1.807) is 0 Å². The number of aromatic nitrogens is 5. The minimum absolute atomic E-state index is 0.0123. The van der Waals surface area contributed by atoms with E-state index in [2.05, 4.69) is 37.6 Å². The summed E-state index contributed by atoms with van der Waals surface area (Å²) >= 11 is 0. The molecule has 32 heavy (non-hydrogen) atoms. The molecule has 1 saturated heterocycles. The summed E-state index contributed by atoms with van der Waals surface area (Å²) < 4.78 is 1.83. The molecular weight excluding hydrogens is 404 g/mol. The highest BCUT2D eigenvalue weighted by Crippen LogP contribution is 2.36. The molecular formula is C23H24N8O. The fraction of sp³-hybridized carbons (Fsp3) is 0.304. The Labute approximate surface area is 185 Å². The molecule has 6 rings (SSSR count). The highest BCUT2D eigenvalue weighted by molar-refractivity contribution is 5.87. The first-order valence-electron chi connectivity index (χ1n) is 10.9. The van der Waals surface area contributed by atoms with E-state index in [-0.39, 0.29) is 11.8 Å². The van der Waals surface area contributed by atoms with Crippen molar-refractivity contribution < 1.29 is 4.79 Å². The number of hydrogen-bond donors (Lipinski definition) is 2. The third-order valence-electron chi connectivity index (χ3n) is 6.36. The zero-order valence-electron chi connectivity index (χ0n) is 17.8. The van der Waals surface area contributed by atoms with Gasteiger partial charge in [0, 0.05) is 44.1 Å². The van der Waals surface area contributed by atoms with Crippen LogP contribution in [-0.4, -0.2) is 61.8 Å². The molecule has 1 amide bonds. The first-order chi connectivity index (χ1) is 15.7. The lowest BCUT2D eigenvalue weighted by Gasteiger charge is -2.39. The summed E-state index contributed by atoms with van der Waals surface area (Å²) in [5.41, 5.74) is 4.34. The molecule has 2 aliphatic rings. The summed E-state index contributed by atoms with van der Waals surface area (Å²) in [6.45, 7) is 4.71. The molecule has 1 aliphatic heterocycles. The van der Waals surface area contributed by atoms with Gasteiger partial charge in [-0.1, -0.05) is 24.3 Å². The van der Waals surface area contributed by atoms with Gasteiger partial charge in [-0.25, -0.2) is 4.52 Å². The van der Waals surface area contributed by atoms with Gasteiger partial charge >= 0.3 is 0 Å². The first kappa shape index (κ1) is 18.9. The van der Waals surface area contributed by atoms with Gasteiger partial charge in [0.1, 0.15) is 5.52 Å². The van der Waals surface area contributed by atoms with Crippen molar-refractivity contribution in [2.45, 2.75) is 19.3 Å². The number of carbonyl (C=O) groups excluding carboxylic acids is 1. The Morgan fingerprint density at radius 1 is 1.12 bits per heavy atom. The third kappa shape index (κ3) is 3.17. The summed E-state index contributed by atoms with van der Waals surface area (Å²) in [4.78, 5) is 21.9. The number of H-pyrrole nitrogens is 1. The van der Waals surface area contributed by atoms with Crippen molar-refractivity contribution >= 4 is 29.0 Å². The molecule has 2 N–H and O–H groups in total. The van der Waals surface area contributed by atoms with E-state index in [0.717, 1.165) is 17.6 Å². The number of anilines is 3. The van der Waals surface area contributed by atoms with Crippen molar-refractivity contribution in [2.75, 3.05) is 36.4 Å². The molecule has 9 nitrogen and oxygen atoms in total. The van der Waals surface area contributed by atoms with Gasteiger partial charge in [0.25, 0.3) is 0 Å². The average molecular weight is 429 g/mol. The molecule has 1 aromatic carbocycles. The number of amides is 1. The van der Waals surface area contributed by atoms with E-state index in [0.29, 0.717) is 43.8 Å². The Morgan fingerprint density at radius 3 is 2.75 bits per heavy atom. The van der Waals surface area contributed by atoms with E-state index in [9.17, 15) is 4.79 Å². The van der Waals surface area contributed by atoms with Gasteiger partial charge < -0.3 is 15.1 Å². The minimum atomic E-state index is 0.0123. The standard InChI is InChI=1S/C23H24N8O/c1-15-13-20(27-26-15)24-21-19-7-4-8-31(19)28-23(25-21)30-11-9-29(10-12-30)22(32)18-14-16-5-2-3-6-17(16)18/h2-8,13,18H,9-12,14H2,1H3,(H2,24,25,26,27,28). The highest BCUT2D eigenvalue weighted by atomic mass is 16.2. The van der Waals surface area contributed by atoms with Crippen LogP contribution in [-0.2, 0) is 11.2 Å². The molecule has 0 saturated carbocycles. The number of aryl methyl sites for hydroxylation is 1. The molecule has 0 spiro atoms. The summed E-state index contributed by atoms with van der Waals surface area (Å²) in [6.07, 6.45) is 2.76. The maximum absolute atomic E-state index is 13.0. The van der Waals surface area contributed by atoms with Crippen molar-refractivity contribution in [3.8, 4) is 0 Å². The molecule has 162 valence electrons. The Kier molecular flexibility index (Phi) is 4.34. The summed E-state index contributed by atoms with van der Waals surface area (Å²) in [6, 6.07) is 14.1. The van der Waals surface area contributed by atoms with Crippen LogP contribution in [0.5, 0.6) is 0 Å². The van der Waals surface area contributed by atoms with Gasteiger partial charge in [0.05, 0.1) is 5.92 Å². The van der Waals surface area contributed by atoms with Crippen LogP contribution < -0.4 is 10.2 Å². The van der Waals surface area contributed by atoms with Crippen LogP contribution in [0.2, 0.25) is 0 Å². The second-order valence-electron chi connectivity index (χ2n) is 8.43. The number of carbonyl (C=O) groups is 1. The topological polar surface area (TPSA) is 94.5 Å². The number of piperazine rings is 1. The van der Waals surface area contributed by atoms with E-state index in [4.69, 9.17) is 4.98 Å². The summed E-state index contributed by atoms with van der Waals surface area (Å²) in [7, 11) is 0. The molecule has 9 heteroatoms. The van der Waals surface area contributed by atoms with Crippen molar-refractivity contribution in [1.29, 1.82) is 0 Å². The van der Waals surface area contributed by atoms with Gasteiger partial charge in [0.2, 0.25) is 11.9 Å². The zero-order valence-corrected chi connectivity index (χ0v) is 17.8. The predicted octanol–water partition coefficient (Wildman–Crippen LogP) is 2.49. The highest BCUT2D eigenvalue weighted by Gasteiger charge is 2.36. The Bertz CT molecular complexity index is 1300. The molecule has 1 unspecified atom stereocenters. The van der Waals surface area contributed by atoms with Gasteiger partial charge in [0.15, 0.2) is 11.6 Å². The van der Waals surface area contributed by atoms with Crippen molar-refractivity contribution in [1.82, 2.24) is 29.7 Å².